The average molecular weight is 528 g/mol. The van der Waals surface area contributed by atoms with Gasteiger partial charge in [-0.05, 0) is 60.9 Å². The third kappa shape index (κ3) is 4.14. The minimum Gasteiger partial charge on any atom is -0.268 e. The van der Waals surface area contributed by atoms with Crippen molar-refractivity contribution in [1.29, 1.82) is 0 Å². The highest BCUT2D eigenvalue weighted by Crippen LogP contribution is 2.45. The van der Waals surface area contributed by atoms with Crippen LogP contribution < -0.4 is 5.56 Å². The molecule has 2 aromatic heterocycles. The molecule has 0 amide bonds. The van der Waals surface area contributed by atoms with Crippen molar-refractivity contribution in [3.05, 3.63) is 101 Å². The molecule has 0 aliphatic heterocycles. The van der Waals surface area contributed by atoms with Gasteiger partial charge in [-0.15, -0.1) is 11.3 Å². The number of rotatable bonds is 3. The molecule has 0 saturated carbocycles. The smallest absolute Gasteiger partial charge is 0.267 e. The lowest BCUT2D eigenvalue weighted by molar-refractivity contribution is 0.531. The molecule has 3 nitrogen and oxygen atoms in total. The number of benzene rings is 2. The number of hydrogen-bond acceptors (Lipinski definition) is 3. The summed E-state index contributed by atoms with van der Waals surface area (Å²) in [5.74, 6) is 0.574. The Hall–Kier alpha value is -2.37. The van der Waals surface area contributed by atoms with Gasteiger partial charge in [0.1, 0.15) is 10.7 Å². The lowest BCUT2D eigenvalue weighted by Gasteiger charge is -2.29. The summed E-state index contributed by atoms with van der Waals surface area (Å²) in [5.41, 5.74) is 3.43. The summed E-state index contributed by atoms with van der Waals surface area (Å²) in [6, 6.07) is 12.8. The Morgan fingerprint density at radius 1 is 1.03 bits per heavy atom. The Balaban J connectivity index is 1.70. The van der Waals surface area contributed by atoms with E-state index in [2.05, 4.69) is 32.1 Å². The molecule has 0 N–H and O–H groups in total. The fourth-order valence-corrected chi connectivity index (χ4v) is 6.25. The lowest BCUT2D eigenvalue weighted by Crippen LogP contribution is -2.24. The largest absolute Gasteiger partial charge is 0.268 e. The summed E-state index contributed by atoms with van der Waals surface area (Å²) in [5, 5.41) is 2.28. The maximum absolute atomic E-state index is 13.8. The zero-order valence-corrected chi connectivity index (χ0v) is 21.9. The molecule has 5 rings (SSSR count). The number of thiophene rings is 1. The maximum Gasteiger partial charge on any atom is 0.267 e. The third-order valence-corrected chi connectivity index (χ3v) is 8.30. The van der Waals surface area contributed by atoms with Gasteiger partial charge in [0, 0.05) is 25.9 Å². The van der Waals surface area contributed by atoms with Crippen LogP contribution in [0.2, 0.25) is 15.1 Å². The first-order valence-electron chi connectivity index (χ1n) is 10.8. The molecule has 2 heterocycles. The predicted octanol–water partition coefficient (Wildman–Crippen LogP) is 8.49. The molecule has 7 heteroatoms. The lowest BCUT2D eigenvalue weighted by atomic mass is 9.77. The van der Waals surface area contributed by atoms with Crippen molar-refractivity contribution in [3.63, 3.8) is 0 Å². The van der Waals surface area contributed by atoms with Crippen molar-refractivity contribution < 1.29 is 0 Å². The molecule has 34 heavy (non-hydrogen) atoms. The van der Waals surface area contributed by atoms with Gasteiger partial charge in [0.25, 0.3) is 5.56 Å². The monoisotopic (exact) mass is 526 g/mol. The summed E-state index contributed by atoms with van der Waals surface area (Å²) in [7, 11) is 0. The number of halogens is 3. The van der Waals surface area contributed by atoms with Crippen molar-refractivity contribution in [2.24, 2.45) is 0 Å². The quantitative estimate of drug-likeness (QED) is 0.268. The predicted molar refractivity (Wildman–Crippen MR) is 146 cm³/mol. The zero-order valence-electron chi connectivity index (χ0n) is 18.8. The Kier molecular flexibility index (Phi) is 5.97. The first-order chi connectivity index (χ1) is 16.1. The number of fused-ring (bicyclic) bond motifs is 3. The highest BCUT2D eigenvalue weighted by molar-refractivity contribution is 7.19. The third-order valence-electron chi connectivity index (χ3n) is 6.03. The molecule has 0 radical (unpaired) electrons. The highest BCUT2D eigenvalue weighted by atomic mass is 35.5. The van der Waals surface area contributed by atoms with Crippen molar-refractivity contribution in [2.45, 2.75) is 32.6 Å². The van der Waals surface area contributed by atoms with Gasteiger partial charge >= 0.3 is 0 Å². The van der Waals surface area contributed by atoms with Crippen LogP contribution in [0.5, 0.6) is 0 Å². The van der Waals surface area contributed by atoms with Gasteiger partial charge in [0.05, 0.1) is 16.1 Å². The van der Waals surface area contributed by atoms with E-state index in [4.69, 9.17) is 39.8 Å². The first-order valence-corrected chi connectivity index (χ1v) is 12.8. The number of aromatic nitrogens is 2. The Labute approximate surface area is 216 Å². The first kappa shape index (κ1) is 23.4. The van der Waals surface area contributed by atoms with Crippen LogP contribution in [0.1, 0.15) is 42.1 Å². The van der Waals surface area contributed by atoms with E-state index in [9.17, 15) is 4.79 Å². The van der Waals surface area contributed by atoms with Gasteiger partial charge in [-0.25, -0.2) is 4.98 Å². The maximum atomic E-state index is 13.8. The summed E-state index contributed by atoms with van der Waals surface area (Å²) in [4.78, 5) is 20.6. The van der Waals surface area contributed by atoms with Gasteiger partial charge in [0.15, 0.2) is 0 Å². The molecule has 1 aliphatic rings. The summed E-state index contributed by atoms with van der Waals surface area (Å²) in [6.07, 6.45) is 7.17. The van der Waals surface area contributed by atoms with E-state index < -0.39 is 0 Å². The number of hydrogen-bond donors (Lipinski definition) is 0. The average Bonchev–Trinajstić information content (AvgIpc) is 3.15. The second-order valence-corrected chi connectivity index (χ2v) is 11.4. The van der Waals surface area contributed by atoms with Crippen LogP contribution in [0, 0.1) is 6.92 Å². The minimum absolute atomic E-state index is 0.131. The highest BCUT2D eigenvalue weighted by Gasteiger charge is 2.33. The van der Waals surface area contributed by atoms with Gasteiger partial charge in [-0.3, -0.25) is 9.36 Å². The Bertz CT molecular complexity index is 1560. The Morgan fingerprint density at radius 3 is 2.47 bits per heavy atom. The van der Waals surface area contributed by atoms with Crippen LogP contribution in [0.25, 0.3) is 28.1 Å². The van der Waals surface area contributed by atoms with E-state index in [0.29, 0.717) is 32.0 Å². The summed E-state index contributed by atoms with van der Waals surface area (Å²) in [6.45, 7) is 6.24. The van der Waals surface area contributed by atoms with Crippen LogP contribution >= 0.6 is 46.1 Å². The van der Waals surface area contributed by atoms with Crippen molar-refractivity contribution in [2.75, 3.05) is 0 Å². The summed E-state index contributed by atoms with van der Waals surface area (Å²) < 4.78 is 1.56. The van der Waals surface area contributed by atoms with E-state index in [1.807, 2.05) is 31.2 Å². The number of allylic oxidation sites excluding steroid dienone is 2. The van der Waals surface area contributed by atoms with Crippen molar-refractivity contribution in [3.8, 4) is 5.69 Å². The zero-order chi connectivity index (χ0) is 24.2. The van der Waals surface area contributed by atoms with Gasteiger partial charge in [-0.2, -0.15) is 0 Å². The fraction of sp³-hybridized carbons (Fsp3) is 0.185. The second-order valence-electron chi connectivity index (χ2n) is 9.09. The molecule has 2 aromatic carbocycles. The normalized spacial score (nSPS) is 15.1. The van der Waals surface area contributed by atoms with Crippen LogP contribution in [-0.2, 0) is 5.41 Å². The van der Waals surface area contributed by atoms with Crippen molar-refractivity contribution in [1.82, 2.24) is 9.55 Å². The van der Waals surface area contributed by atoms with E-state index in [1.54, 1.807) is 34.1 Å². The number of aryl methyl sites for hydroxylation is 1. The van der Waals surface area contributed by atoms with E-state index in [-0.39, 0.29) is 11.0 Å². The molecule has 0 bridgehead atoms. The van der Waals surface area contributed by atoms with Gasteiger partial charge in [-0.1, -0.05) is 72.9 Å². The molecular weight excluding hydrogens is 507 g/mol. The van der Waals surface area contributed by atoms with E-state index in [0.717, 1.165) is 28.0 Å². The fourth-order valence-electron chi connectivity index (χ4n) is 4.47. The molecule has 0 spiro atoms. The molecular formula is C27H21Cl3N2OS. The van der Waals surface area contributed by atoms with Gasteiger partial charge in [0.2, 0.25) is 0 Å². The van der Waals surface area contributed by atoms with Crippen LogP contribution in [-0.4, -0.2) is 9.55 Å². The molecule has 172 valence electrons. The molecule has 0 fully saturated rings. The number of nitrogens with zero attached hydrogens (tertiary/aromatic N) is 2. The standard InChI is InChI=1S/C27H21Cl3N2OS/c1-15-31-25-23(26(33)32(15)22-13-19(29)10-11-21(22)30)20-12-17(14-27(2,3)24(20)34-25)5-4-16-6-8-18(28)9-7-16/h4-13H,14H2,1-3H3/b5-4+. The molecule has 0 saturated heterocycles. The van der Waals surface area contributed by atoms with Crippen LogP contribution in [0.15, 0.2) is 58.9 Å². The molecule has 4 aromatic rings. The Morgan fingerprint density at radius 2 is 1.74 bits per heavy atom. The van der Waals surface area contributed by atoms with Crippen molar-refractivity contribution >= 4 is 68.5 Å². The topological polar surface area (TPSA) is 34.9 Å². The van der Waals surface area contributed by atoms with Gasteiger partial charge < -0.3 is 0 Å². The van der Waals surface area contributed by atoms with E-state index in [1.165, 1.54) is 4.88 Å². The molecule has 0 atom stereocenters. The molecule has 1 aliphatic carbocycles. The minimum atomic E-state index is -0.140. The molecule has 0 unspecified atom stereocenters. The second kappa shape index (κ2) is 8.69. The van der Waals surface area contributed by atoms with Crippen LogP contribution in [0.3, 0.4) is 0 Å². The SMILES string of the molecule is Cc1nc2sc3c(c2c(=O)n1-c1cc(Cl)ccc1Cl)C=C(/C=C/c1ccc(Cl)cc1)CC3(C)C. The summed E-state index contributed by atoms with van der Waals surface area (Å²) >= 11 is 20.3. The van der Waals surface area contributed by atoms with Crippen LogP contribution in [0.4, 0.5) is 0 Å². The van der Waals surface area contributed by atoms with E-state index >= 15 is 0 Å².